The van der Waals surface area contributed by atoms with E-state index in [-0.39, 0.29) is 34.9 Å². The lowest BCUT2D eigenvalue weighted by molar-refractivity contribution is -0.137. The molecule has 0 spiro atoms. The van der Waals surface area contributed by atoms with Crippen LogP contribution in [-0.2, 0) is 13.2 Å². The minimum absolute atomic E-state index is 0.00850. The Kier molecular flexibility index (Phi) is 6.12. The molecule has 8 nitrogen and oxygen atoms in total. The van der Waals surface area contributed by atoms with Crippen LogP contribution in [0.4, 0.5) is 18.9 Å². The monoisotopic (exact) mass is 529 g/mol. The van der Waals surface area contributed by atoms with Crippen molar-refractivity contribution in [1.82, 2.24) is 19.7 Å². The smallest absolute Gasteiger partial charge is 0.389 e. The van der Waals surface area contributed by atoms with Crippen molar-refractivity contribution in [2.24, 2.45) is 7.05 Å². The number of alkyl halides is 3. The fraction of sp³-hybridized carbons (Fsp3) is 0.200. The molecule has 1 fully saturated rings. The summed E-state index contributed by atoms with van der Waals surface area (Å²) in [5, 5.41) is 16.4. The van der Waals surface area contributed by atoms with Gasteiger partial charge in [-0.2, -0.15) is 18.3 Å². The number of aliphatic hydroxyl groups excluding tert-OH is 1. The number of hydrogen-bond donors (Lipinski definition) is 2. The summed E-state index contributed by atoms with van der Waals surface area (Å²) >= 11 is 6.23. The van der Waals surface area contributed by atoms with Gasteiger partial charge in [0.15, 0.2) is 0 Å². The number of aromatic nitrogens is 3. The molecule has 2 aromatic heterocycles. The predicted molar refractivity (Wildman–Crippen MR) is 130 cm³/mol. The Labute approximate surface area is 213 Å². The molecule has 4 aromatic rings. The molecule has 2 N–H and O–H groups in total. The third-order valence-corrected chi connectivity index (χ3v) is 6.37. The molecule has 0 bridgehead atoms. The van der Waals surface area contributed by atoms with E-state index in [2.05, 4.69) is 15.4 Å². The Balaban J connectivity index is 1.50. The summed E-state index contributed by atoms with van der Waals surface area (Å²) in [6.07, 6.45) is -3.94. The molecule has 0 saturated carbocycles. The molecule has 37 heavy (non-hydrogen) atoms. The first-order valence-electron chi connectivity index (χ1n) is 11.1. The number of anilines is 1. The summed E-state index contributed by atoms with van der Waals surface area (Å²) in [5.41, 5.74) is -1.34. The highest BCUT2D eigenvalue weighted by atomic mass is 35.5. The number of rotatable bonds is 4. The second kappa shape index (κ2) is 9.16. The molecule has 2 amide bonds. The number of pyridine rings is 1. The third-order valence-electron chi connectivity index (χ3n) is 6.05. The van der Waals surface area contributed by atoms with Crippen LogP contribution in [0.15, 0.2) is 54.7 Å². The lowest BCUT2D eigenvalue weighted by Gasteiger charge is -2.36. The average molecular weight is 530 g/mol. The fourth-order valence-electron chi connectivity index (χ4n) is 4.30. The Morgan fingerprint density at radius 3 is 2.57 bits per heavy atom. The van der Waals surface area contributed by atoms with Gasteiger partial charge in [-0.3, -0.25) is 19.3 Å². The van der Waals surface area contributed by atoms with Crippen molar-refractivity contribution < 1.29 is 27.9 Å². The van der Waals surface area contributed by atoms with Gasteiger partial charge in [-0.25, -0.2) is 0 Å². The number of aryl methyl sites for hydroxylation is 1. The molecular weight excluding hydrogens is 511 g/mol. The topological polar surface area (TPSA) is 100 Å². The summed E-state index contributed by atoms with van der Waals surface area (Å²) < 4.78 is 43.9. The maximum absolute atomic E-state index is 14.3. The van der Waals surface area contributed by atoms with Crippen molar-refractivity contribution in [3.8, 4) is 11.3 Å². The van der Waals surface area contributed by atoms with E-state index in [1.54, 1.807) is 24.3 Å². The van der Waals surface area contributed by atoms with E-state index >= 15 is 0 Å². The summed E-state index contributed by atoms with van der Waals surface area (Å²) in [6, 6.07) is 12.0. The number of nitrogens with one attached hydrogen (secondary N) is 1. The van der Waals surface area contributed by atoms with E-state index < -0.39 is 41.0 Å². The van der Waals surface area contributed by atoms with Crippen molar-refractivity contribution in [2.75, 3.05) is 18.4 Å². The van der Waals surface area contributed by atoms with Gasteiger partial charge >= 0.3 is 6.18 Å². The molecular formula is C25H19ClF3N5O3. The number of carbonyl (C=O) groups is 2. The van der Waals surface area contributed by atoms with Crippen LogP contribution in [0.5, 0.6) is 0 Å². The lowest BCUT2D eigenvalue weighted by Crippen LogP contribution is -2.53. The third kappa shape index (κ3) is 4.51. The number of amides is 2. The average Bonchev–Trinajstić information content (AvgIpc) is 3.19. The van der Waals surface area contributed by atoms with E-state index in [1.807, 2.05) is 0 Å². The zero-order valence-electron chi connectivity index (χ0n) is 19.3. The van der Waals surface area contributed by atoms with Crippen molar-refractivity contribution in [2.45, 2.75) is 12.3 Å². The van der Waals surface area contributed by atoms with Crippen LogP contribution in [0.1, 0.15) is 26.4 Å². The number of aliphatic hydroxyl groups is 1. The van der Waals surface area contributed by atoms with E-state index in [4.69, 9.17) is 11.6 Å². The van der Waals surface area contributed by atoms with Gasteiger partial charge in [-0.05, 0) is 30.3 Å². The summed E-state index contributed by atoms with van der Waals surface area (Å²) in [5.74, 6) is -1.44. The van der Waals surface area contributed by atoms with E-state index in [0.29, 0.717) is 10.9 Å². The Hall–Kier alpha value is -3.96. The Morgan fingerprint density at radius 2 is 1.89 bits per heavy atom. The minimum atomic E-state index is -4.89. The van der Waals surface area contributed by atoms with Crippen molar-refractivity contribution >= 4 is 40.0 Å². The molecule has 190 valence electrons. The molecule has 0 radical (unpaired) electrons. The van der Waals surface area contributed by atoms with Crippen LogP contribution in [0.3, 0.4) is 0 Å². The number of benzene rings is 2. The summed E-state index contributed by atoms with van der Waals surface area (Å²) in [6.45, 7) is 0.368. The van der Waals surface area contributed by atoms with Gasteiger partial charge in [0.05, 0.1) is 22.2 Å². The number of carbonyl (C=O) groups excluding carboxylic acids is 2. The normalized spacial score (nSPS) is 14.1. The number of nitrogens with zero attached hydrogens (tertiary/aromatic N) is 4. The Morgan fingerprint density at radius 1 is 1.14 bits per heavy atom. The highest BCUT2D eigenvalue weighted by Crippen LogP contribution is 2.41. The molecule has 2 aromatic carbocycles. The Bertz CT molecular complexity index is 1540. The molecule has 1 aliphatic heterocycles. The molecule has 1 aliphatic rings. The number of fused-ring (bicyclic) bond motifs is 1. The fourth-order valence-corrected chi connectivity index (χ4v) is 4.56. The van der Waals surface area contributed by atoms with E-state index in [1.165, 1.54) is 42.4 Å². The van der Waals surface area contributed by atoms with Gasteiger partial charge in [0, 0.05) is 43.0 Å². The zero-order chi connectivity index (χ0) is 26.5. The first kappa shape index (κ1) is 24.7. The number of hydrogen-bond acceptors (Lipinski definition) is 5. The molecule has 3 heterocycles. The van der Waals surface area contributed by atoms with Crippen molar-refractivity contribution in [3.63, 3.8) is 0 Å². The molecule has 5 rings (SSSR count). The molecule has 0 aliphatic carbocycles. The van der Waals surface area contributed by atoms with Crippen LogP contribution < -0.4 is 5.32 Å². The van der Waals surface area contributed by atoms with E-state index in [0.717, 1.165) is 4.68 Å². The zero-order valence-corrected chi connectivity index (χ0v) is 20.0. The highest BCUT2D eigenvalue weighted by Gasteiger charge is 2.42. The van der Waals surface area contributed by atoms with E-state index in [9.17, 15) is 27.9 Å². The predicted octanol–water partition coefficient (Wildman–Crippen LogP) is 4.38. The number of halogens is 4. The van der Waals surface area contributed by atoms with Gasteiger partial charge in [0.25, 0.3) is 11.8 Å². The molecule has 0 unspecified atom stereocenters. The van der Waals surface area contributed by atoms with Gasteiger partial charge in [0.1, 0.15) is 17.0 Å². The maximum Gasteiger partial charge on any atom is 0.420 e. The molecule has 12 heteroatoms. The standard InChI is InChI=1S/C25H19ClF3N5O3/c1-33-22(23(36)31-13-7-8-17(18(26)10-13)24(37)34-11-14(35)12-34)20(25(27,28)29)21(32-33)16-4-2-6-19-15(16)5-3-9-30-19/h2-10,14,35H,11-12H2,1H3,(H,31,36). The minimum Gasteiger partial charge on any atom is -0.389 e. The van der Waals surface area contributed by atoms with Crippen LogP contribution in [-0.4, -0.2) is 55.8 Å². The van der Waals surface area contributed by atoms with Gasteiger partial charge in [0.2, 0.25) is 0 Å². The van der Waals surface area contributed by atoms with Crippen LogP contribution in [0.25, 0.3) is 22.2 Å². The van der Waals surface area contributed by atoms with Gasteiger partial charge in [-0.15, -0.1) is 0 Å². The largest absolute Gasteiger partial charge is 0.420 e. The van der Waals surface area contributed by atoms with Gasteiger partial charge < -0.3 is 15.3 Å². The maximum atomic E-state index is 14.3. The summed E-state index contributed by atoms with van der Waals surface area (Å²) in [4.78, 5) is 31.2. The van der Waals surface area contributed by atoms with Gasteiger partial charge in [-0.1, -0.05) is 29.8 Å². The highest BCUT2D eigenvalue weighted by molar-refractivity contribution is 6.34. The lowest BCUT2D eigenvalue weighted by atomic mass is 10.0. The number of β-amino-alcohol motifs (C(OH)–C–C–N with tert-alkyl or cyclic N) is 1. The second-order valence-corrected chi connectivity index (χ2v) is 8.99. The van der Waals surface area contributed by atoms with Crippen LogP contribution >= 0.6 is 11.6 Å². The first-order chi connectivity index (χ1) is 17.5. The van der Waals surface area contributed by atoms with Crippen molar-refractivity contribution in [3.05, 3.63) is 76.6 Å². The summed E-state index contributed by atoms with van der Waals surface area (Å²) in [7, 11) is 1.26. The van der Waals surface area contributed by atoms with Crippen LogP contribution in [0.2, 0.25) is 5.02 Å². The number of likely N-dealkylation sites (tertiary alicyclic amines) is 1. The quantitative estimate of drug-likeness (QED) is 0.409. The molecule has 1 saturated heterocycles. The van der Waals surface area contributed by atoms with Crippen molar-refractivity contribution in [1.29, 1.82) is 0 Å². The first-order valence-corrected chi connectivity index (χ1v) is 11.5. The molecule has 0 atom stereocenters. The second-order valence-electron chi connectivity index (χ2n) is 8.58. The SMILES string of the molecule is Cn1nc(-c2cccc3ncccc23)c(C(F)(F)F)c1C(=O)Nc1ccc(C(=O)N2CC(O)C2)c(Cl)c1. The van der Waals surface area contributed by atoms with Crippen LogP contribution in [0, 0.1) is 0 Å².